The van der Waals surface area contributed by atoms with E-state index in [1.54, 1.807) is 21.3 Å². The van der Waals surface area contributed by atoms with Gasteiger partial charge in [0.25, 0.3) is 0 Å². The average Bonchev–Trinajstić information content (AvgIpc) is 1.72. The monoisotopic (exact) mass is 105 g/mol. The lowest BCUT2D eigenvalue weighted by Crippen LogP contribution is -2.21. The maximum atomic E-state index is 4.69. The second-order valence-corrected chi connectivity index (χ2v) is 1.22. The highest BCUT2D eigenvalue weighted by Crippen LogP contribution is 1.81. The Kier molecular flexibility index (Phi) is 4.08. The molecule has 44 valence electrons. The van der Waals surface area contributed by atoms with Gasteiger partial charge < -0.3 is 14.0 Å². The molecule has 0 unspecified atom stereocenters. The van der Waals surface area contributed by atoms with Crippen LogP contribution in [0, 0.1) is 0 Å². The van der Waals surface area contributed by atoms with Crippen molar-refractivity contribution in [3.8, 4) is 0 Å². The molecule has 0 radical (unpaired) electrons. The van der Waals surface area contributed by atoms with Crippen molar-refractivity contribution < 1.29 is 14.0 Å². The highest BCUT2D eigenvalue weighted by molar-refractivity contribution is 6.36. The van der Waals surface area contributed by atoms with E-state index < -0.39 is 7.32 Å². The van der Waals surface area contributed by atoms with Crippen LogP contribution < -0.4 is 0 Å². The summed E-state index contributed by atoms with van der Waals surface area (Å²) in [7, 11) is 3.44. The fourth-order valence-electron chi connectivity index (χ4n) is 0.354. The Hall–Kier alpha value is -0.0551. The summed E-state index contributed by atoms with van der Waals surface area (Å²) in [6.45, 7) is 0. The topological polar surface area (TPSA) is 27.7 Å². The predicted molar refractivity (Wildman–Crippen MR) is 28.2 cm³/mol. The minimum Gasteiger partial charge on any atom is -0.549 e. The smallest absolute Gasteiger partial charge is 0.364 e. The van der Waals surface area contributed by atoms with E-state index in [1.165, 1.54) is 0 Å². The standard InChI is InChI=1S/C3H10BO3/c1-5-4(6-2)7-3/h4H,1-3H3/q-1. The average molecular weight is 105 g/mol. The zero-order valence-corrected chi connectivity index (χ0v) is 4.93. The van der Waals surface area contributed by atoms with Crippen molar-refractivity contribution in [1.82, 2.24) is 0 Å². The van der Waals surface area contributed by atoms with E-state index >= 15 is 0 Å². The largest absolute Gasteiger partial charge is 0.549 e. The summed E-state index contributed by atoms with van der Waals surface area (Å²) in [6.07, 6.45) is 0. The maximum absolute atomic E-state index is 4.69. The lowest BCUT2D eigenvalue weighted by molar-refractivity contribution is 0.163. The second kappa shape index (κ2) is 4.11. The molecular weight excluding hydrogens is 94.8 g/mol. The van der Waals surface area contributed by atoms with Gasteiger partial charge >= 0.3 is 7.32 Å². The molecule has 0 aromatic heterocycles. The van der Waals surface area contributed by atoms with Crippen LogP contribution in [0.4, 0.5) is 0 Å². The minimum absolute atomic E-state index is 1.21. The summed E-state index contributed by atoms with van der Waals surface area (Å²) < 4.78 is 14.1. The molecule has 0 atom stereocenters. The molecular formula is C3H10BO3-. The van der Waals surface area contributed by atoms with Crippen LogP contribution in [-0.2, 0) is 14.0 Å². The van der Waals surface area contributed by atoms with Gasteiger partial charge in [-0.25, -0.2) is 0 Å². The van der Waals surface area contributed by atoms with Crippen molar-refractivity contribution in [3.05, 3.63) is 0 Å². The SMILES string of the molecule is CO[BH-](OC)OC. The molecule has 4 heteroatoms. The number of rotatable bonds is 3. The van der Waals surface area contributed by atoms with Crippen molar-refractivity contribution in [2.45, 2.75) is 0 Å². The molecule has 0 aliphatic rings. The first-order valence-electron chi connectivity index (χ1n) is 2.09. The van der Waals surface area contributed by atoms with Crippen LogP contribution in [0.2, 0.25) is 0 Å². The van der Waals surface area contributed by atoms with Gasteiger partial charge in [0.2, 0.25) is 0 Å². The fraction of sp³-hybridized carbons (Fsp3) is 1.00. The Morgan fingerprint density at radius 3 is 1.14 bits per heavy atom. The lowest BCUT2D eigenvalue weighted by atomic mass is 10.2. The van der Waals surface area contributed by atoms with Gasteiger partial charge in [-0.2, -0.15) is 0 Å². The third-order valence-corrected chi connectivity index (χ3v) is 0.707. The van der Waals surface area contributed by atoms with Gasteiger partial charge in [-0.15, -0.1) is 0 Å². The van der Waals surface area contributed by atoms with Gasteiger partial charge in [0.1, 0.15) is 0 Å². The first-order valence-corrected chi connectivity index (χ1v) is 2.09. The lowest BCUT2D eigenvalue weighted by Gasteiger charge is -2.18. The summed E-state index contributed by atoms with van der Waals surface area (Å²) >= 11 is 0. The van der Waals surface area contributed by atoms with E-state index in [0.29, 0.717) is 0 Å². The first-order chi connectivity index (χ1) is 3.35. The van der Waals surface area contributed by atoms with Gasteiger partial charge in [-0.05, 0) is 21.3 Å². The first kappa shape index (κ1) is 6.94. The molecule has 0 bridgehead atoms. The maximum Gasteiger partial charge on any atom is 0.364 e. The molecule has 3 nitrogen and oxygen atoms in total. The summed E-state index contributed by atoms with van der Waals surface area (Å²) in [5, 5.41) is 0. The Morgan fingerprint density at radius 2 is 1.14 bits per heavy atom. The van der Waals surface area contributed by atoms with Gasteiger partial charge in [0.15, 0.2) is 0 Å². The predicted octanol–water partition coefficient (Wildman–Crippen LogP) is -0.357. The molecule has 0 aliphatic heterocycles. The molecule has 0 saturated heterocycles. The van der Waals surface area contributed by atoms with Crippen LogP contribution >= 0.6 is 0 Å². The van der Waals surface area contributed by atoms with Crippen LogP contribution in [-0.4, -0.2) is 28.7 Å². The van der Waals surface area contributed by atoms with Crippen LogP contribution in [0.25, 0.3) is 0 Å². The van der Waals surface area contributed by atoms with Crippen LogP contribution in [0.15, 0.2) is 0 Å². The Labute approximate surface area is 43.7 Å². The van der Waals surface area contributed by atoms with Crippen LogP contribution in [0.5, 0.6) is 0 Å². The molecule has 0 aliphatic carbocycles. The van der Waals surface area contributed by atoms with Crippen molar-refractivity contribution in [3.63, 3.8) is 0 Å². The van der Waals surface area contributed by atoms with Gasteiger partial charge in [0.05, 0.1) is 0 Å². The highest BCUT2D eigenvalue weighted by atomic mass is 16.7. The summed E-state index contributed by atoms with van der Waals surface area (Å²) in [5.74, 6) is 0. The van der Waals surface area contributed by atoms with Crippen molar-refractivity contribution >= 4 is 7.32 Å². The van der Waals surface area contributed by atoms with Crippen molar-refractivity contribution in [2.75, 3.05) is 21.3 Å². The highest BCUT2D eigenvalue weighted by Gasteiger charge is 1.91. The second-order valence-electron chi connectivity index (χ2n) is 1.22. The summed E-state index contributed by atoms with van der Waals surface area (Å²) in [4.78, 5) is 0. The summed E-state index contributed by atoms with van der Waals surface area (Å²) in [6, 6.07) is 0. The molecule has 0 spiro atoms. The van der Waals surface area contributed by atoms with Gasteiger partial charge in [-0.1, -0.05) is 0 Å². The normalized spacial score (nSPS) is 10.3. The fourth-order valence-corrected chi connectivity index (χ4v) is 0.354. The van der Waals surface area contributed by atoms with Gasteiger partial charge in [0, 0.05) is 0 Å². The molecule has 0 aromatic rings. The van der Waals surface area contributed by atoms with Crippen LogP contribution in [0.3, 0.4) is 0 Å². The van der Waals surface area contributed by atoms with Gasteiger partial charge in [-0.3, -0.25) is 0 Å². The quantitative estimate of drug-likeness (QED) is 0.459. The van der Waals surface area contributed by atoms with E-state index in [-0.39, 0.29) is 0 Å². The van der Waals surface area contributed by atoms with E-state index in [2.05, 4.69) is 14.0 Å². The number of hydrogen-bond donors (Lipinski definition) is 0. The number of hydrogen-bond acceptors (Lipinski definition) is 3. The van der Waals surface area contributed by atoms with E-state index in [0.717, 1.165) is 0 Å². The Bertz CT molecular complexity index is 31.7. The van der Waals surface area contributed by atoms with Crippen molar-refractivity contribution in [2.24, 2.45) is 0 Å². The molecule has 7 heavy (non-hydrogen) atoms. The molecule has 0 heterocycles. The molecule has 0 aromatic carbocycles. The molecule has 0 fully saturated rings. The third kappa shape index (κ3) is 2.62. The molecule has 0 rings (SSSR count). The van der Waals surface area contributed by atoms with Crippen LogP contribution in [0.1, 0.15) is 0 Å². The zero-order valence-electron chi connectivity index (χ0n) is 4.93. The Balaban J connectivity index is 2.99. The van der Waals surface area contributed by atoms with E-state index in [1.807, 2.05) is 0 Å². The molecule has 0 amide bonds. The molecule has 0 saturated carbocycles. The minimum atomic E-state index is -1.21. The zero-order chi connectivity index (χ0) is 5.70. The van der Waals surface area contributed by atoms with E-state index in [9.17, 15) is 0 Å². The Morgan fingerprint density at radius 1 is 0.857 bits per heavy atom. The third-order valence-electron chi connectivity index (χ3n) is 0.707. The van der Waals surface area contributed by atoms with Crippen molar-refractivity contribution in [1.29, 1.82) is 0 Å². The molecule has 0 N–H and O–H groups in total. The summed E-state index contributed by atoms with van der Waals surface area (Å²) in [5.41, 5.74) is 0. The van der Waals surface area contributed by atoms with E-state index in [4.69, 9.17) is 0 Å².